The average molecular weight is 441 g/mol. The van der Waals surface area contributed by atoms with Crippen molar-refractivity contribution in [1.29, 1.82) is 0 Å². The van der Waals surface area contributed by atoms with Crippen LogP contribution in [0.3, 0.4) is 0 Å². The third-order valence-corrected chi connectivity index (χ3v) is 5.55. The van der Waals surface area contributed by atoms with Gasteiger partial charge in [-0.1, -0.05) is 59.1 Å². The molecule has 0 radical (unpaired) electrons. The minimum absolute atomic E-state index is 0.0573. The molecule has 1 amide bonds. The number of amides is 1. The maximum atomic E-state index is 13.1. The molecule has 0 saturated heterocycles. The highest BCUT2D eigenvalue weighted by molar-refractivity contribution is 5.95. The Hall–Kier alpha value is -2.89. The van der Waals surface area contributed by atoms with E-state index < -0.39 is 5.97 Å². The molecule has 0 aliphatic rings. The summed E-state index contributed by atoms with van der Waals surface area (Å²) in [5.41, 5.74) is 2.85. The lowest BCUT2D eigenvalue weighted by Gasteiger charge is -2.24. The third-order valence-electron chi connectivity index (χ3n) is 5.55. The lowest BCUT2D eigenvalue weighted by atomic mass is 9.85. The van der Waals surface area contributed by atoms with E-state index in [0.717, 1.165) is 36.8 Å². The Balaban J connectivity index is 2.26. The van der Waals surface area contributed by atoms with Crippen LogP contribution in [-0.2, 0) is 14.9 Å². The number of aromatic nitrogens is 1. The Morgan fingerprint density at radius 2 is 1.84 bits per heavy atom. The number of nitrogens with zero attached hydrogens (tertiary/aromatic N) is 1. The highest BCUT2D eigenvalue weighted by Crippen LogP contribution is 2.32. The molecule has 174 valence electrons. The molecule has 0 bridgehead atoms. The van der Waals surface area contributed by atoms with Gasteiger partial charge in [-0.2, -0.15) is 0 Å². The first-order valence-corrected chi connectivity index (χ1v) is 11.2. The van der Waals surface area contributed by atoms with Gasteiger partial charge in [-0.05, 0) is 41.0 Å². The van der Waals surface area contributed by atoms with E-state index in [-0.39, 0.29) is 17.2 Å². The minimum atomic E-state index is -0.428. The molecule has 1 aromatic carbocycles. The molecule has 0 spiro atoms. The number of rotatable bonds is 10. The Labute approximate surface area is 191 Å². The number of carbonyl (C=O) groups excluding carboxylic acids is 2. The van der Waals surface area contributed by atoms with E-state index in [1.165, 1.54) is 7.11 Å². The molecule has 2 aromatic rings. The first-order valence-electron chi connectivity index (χ1n) is 11.2. The van der Waals surface area contributed by atoms with Gasteiger partial charge in [0.1, 0.15) is 0 Å². The van der Waals surface area contributed by atoms with Crippen LogP contribution in [0.4, 0.5) is 5.69 Å². The minimum Gasteiger partial charge on any atom is -0.481 e. The number of benzene rings is 1. The van der Waals surface area contributed by atoms with Crippen molar-refractivity contribution in [2.24, 2.45) is 0 Å². The van der Waals surface area contributed by atoms with E-state index >= 15 is 0 Å². The second-order valence-corrected chi connectivity index (χ2v) is 9.08. The number of hydrogen-bond donors (Lipinski definition) is 1. The Morgan fingerprint density at radius 1 is 1.09 bits per heavy atom. The van der Waals surface area contributed by atoms with Gasteiger partial charge >= 0.3 is 5.97 Å². The van der Waals surface area contributed by atoms with Crippen LogP contribution in [0.15, 0.2) is 36.5 Å². The quantitative estimate of drug-likeness (QED) is 0.369. The van der Waals surface area contributed by atoms with Gasteiger partial charge in [0.05, 0.1) is 19.8 Å². The van der Waals surface area contributed by atoms with Crippen LogP contribution in [0.25, 0.3) is 0 Å². The molecule has 0 saturated carbocycles. The molecule has 6 nitrogen and oxygen atoms in total. The number of methoxy groups -OCH3 is 2. The zero-order chi connectivity index (χ0) is 23.7. The molecule has 1 heterocycles. The van der Waals surface area contributed by atoms with Crippen molar-refractivity contribution in [3.63, 3.8) is 0 Å². The molecule has 2 rings (SSSR count). The average Bonchev–Trinajstić information content (AvgIpc) is 2.77. The molecule has 0 aliphatic heterocycles. The first-order chi connectivity index (χ1) is 15.2. The van der Waals surface area contributed by atoms with E-state index in [1.807, 2.05) is 18.2 Å². The normalized spacial score (nSPS) is 12.2. The molecule has 6 heteroatoms. The lowest BCUT2D eigenvalue weighted by molar-refractivity contribution is -0.116. The van der Waals surface area contributed by atoms with Crippen molar-refractivity contribution < 1.29 is 19.1 Å². The van der Waals surface area contributed by atoms with E-state index in [4.69, 9.17) is 9.47 Å². The van der Waals surface area contributed by atoms with E-state index in [9.17, 15) is 9.59 Å². The molecule has 0 fully saturated rings. The molecule has 1 unspecified atom stereocenters. The highest BCUT2D eigenvalue weighted by Gasteiger charge is 2.23. The van der Waals surface area contributed by atoms with Crippen LogP contribution in [-0.4, -0.2) is 31.1 Å². The fraction of sp³-hybridized carbons (Fsp3) is 0.500. The summed E-state index contributed by atoms with van der Waals surface area (Å²) >= 11 is 0. The smallest absolute Gasteiger partial charge is 0.337 e. The first kappa shape index (κ1) is 25.4. The summed E-state index contributed by atoms with van der Waals surface area (Å²) in [6, 6.07) is 9.13. The number of esters is 1. The standard InChI is InChI=1S/C26H36N2O4/c1-7-8-9-10-18(20-12-14-24(31-5)27-17-20)16-23(29)28-22-15-19(25(30)32-6)11-13-21(22)26(2,3)4/h11-15,17-18H,7-10,16H2,1-6H3,(H,28,29). The van der Waals surface area contributed by atoms with Crippen LogP contribution in [0.1, 0.15) is 87.2 Å². The van der Waals surface area contributed by atoms with Crippen LogP contribution >= 0.6 is 0 Å². The number of pyridine rings is 1. The zero-order valence-electron chi connectivity index (χ0n) is 20.2. The molecule has 32 heavy (non-hydrogen) atoms. The summed E-state index contributed by atoms with van der Waals surface area (Å²) in [6.07, 6.45) is 6.33. The highest BCUT2D eigenvalue weighted by atomic mass is 16.5. The van der Waals surface area contributed by atoms with E-state index in [0.29, 0.717) is 23.6 Å². The topological polar surface area (TPSA) is 77.5 Å². The van der Waals surface area contributed by atoms with Crippen LogP contribution in [0.2, 0.25) is 0 Å². The third kappa shape index (κ3) is 7.08. The summed E-state index contributed by atoms with van der Waals surface area (Å²) in [5.74, 6) is 0.0966. The second kappa shape index (κ2) is 11.7. The van der Waals surface area contributed by atoms with Gasteiger partial charge in [0, 0.05) is 24.4 Å². The van der Waals surface area contributed by atoms with Crippen molar-refractivity contribution >= 4 is 17.6 Å². The Morgan fingerprint density at radius 3 is 2.41 bits per heavy atom. The summed E-state index contributed by atoms with van der Waals surface area (Å²) in [4.78, 5) is 29.5. The van der Waals surface area contributed by atoms with Gasteiger partial charge in [0.15, 0.2) is 0 Å². The van der Waals surface area contributed by atoms with Crippen molar-refractivity contribution in [3.05, 3.63) is 53.2 Å². The molecule has 1 aromatic heterocycles. The fourth-order valence-electron chi connectivity index (χ4n) is 3.75. The summed E-state index contributed by atoms with van der Waals surface area (Å²) in [7, 11) is 2.94. The van der Waals surface area contributed by atoms with Crippen molar-refractivity contribution in [2.45, 2.75) is 71.1 Å². The van der Waals surface area contributed by atoms with Crippen molar-refractivity contribution in [1.82, 2.24) is 4.98 Å². The predicted octanol–water partition coefficient (Wildman–Crippen LogP) is 5.87. The van der Waals surface area contributed by atoms with Crippen LogP contribution in [0.5, 0.6) is 5.88 Å². The van der Waals surface area contributed by atoms with Gasteiger partial charge in [0.25, 0.3) is 0 Å². The SMILES string of the molecule is CCCCCC(CC(=O)Nc1cc(C(=O)OC)ccc1C(C)(C)C)c1ccc(OC)nc1. The zero-order valence-corrected chi connectivity index (χ0v) is 20.2. The summed E-state index contributed by atoms with van der Waals surface area (Å²) < 4.78 is 10.0. The lowest BCUT2D eigenvalue weighted by Crippen LogP contribution is -2.21. The molecule has 1 atom stereocenters. The van der Waals surface area contributed by atoms with E-state index in [2.05, 4.69) is 38.0 Å². The van der Waals surface area contributed by atoms with E-state index in [1.54, 1.807) is 25.4 Å². The molecule has 1 N–H and O–H groups in total. The largest absolute Gasteiger partial charge is 0.481 e. The summed E-state index contributed by atoms with van der Waals surface area (Å²) in [5, 5.41) is 3.06. The second-order valence-electron chi connectivity index (χ2n) is 9.08. The van der Waals surface area contributed by atoms with Crippen LogP contribution in [0, 0.1) is 0 Å². The number of ether oxygens (including phenoxy) is 2. The van der Waals surface area contributed by atoms with Gasteiger partial charge in [-0.15, -0.1) is 0 Å². The van der Waals surface area contributed by atoms with Gasteiger partial charge in [-0.3, -0.25) is 4.79 Å². The van der Waals surface area contributed by atoms with Crippen LogP contribution < -0.4 is 10.1 Å². The molecular weight excluding hydrogens is 404 g/mol. The fourth-order valence-corrected chi connectivity index (χ4v) is 3.75. The number of unbranched alkanes of at least 4 members (excludes halogenated alkanes) is 2. The van der Waals surface area contributed by atoms with Gasteiger partial charge in [-0.25, -0.2) is 9.78 Å². The maximum Gasteiger partial charge on any atom is 0.337 e. The monoisotopic (exact) mass is 440 g/mol. The van der Waals surface area contributed by atoms with Gasteiger partial charge in [0.2, 0.25) is 11.8 Å². The molecule has 0 aliphatic carbocycles. The molecular formula is C26H36N2O4. The Bertz CT molecular complexity index is 901. The van der Waals surface area contributed by atoms with Gasteiger partial charge < -0.3 is 14.8 Å². The predicted molar refractivity (Wildman–Crippen MR) is 127 cm³/mol. The number of nitrogens with one attached hydrogen (secondary N) is 1. The summed E-state index contributed by atoms with van der Waals surface area (Å²) in [6.45, 7) is 8.39. The number of anilines is 1. The Kier molecular flexibility index (Phi) is 9.24. The van der Waals surface area contributed by atoms with Crippen molar-refractivity contribution in [2.75, 3.05) is 19.5 Å². The number of carbonyl (C=O) groups is 2. The van der Waals surface area contributed by atoms with Crippen molar-refractivity contribution in [3.8, 4) is 5.88 Å². The number of hydrogen-bond acceptors (Lipinski definition) is 5. The maximum absolute atomic E-state index is 13.1.